The van der Waals surface area contributed by atoms with Gasteiger partial charge < -0.3 is 9.84 Å². The number of hydrogen-bond donors (Lipinski definition) is 1. The second-order valence-corrected chi connectivity index (χ2v) is 11.9. The van der Waals surface area contributed by atoms with E-state index in [0.29, 0.717) is 40.9 Å². The van der Waals surface area contributed by atoms with E-state index in [1.165, 1.54) is 15.6 Å². The van der Waals surface area contributed by atoms with Gasteiger partial charge in [-0.05, 0) is 50.5 Å². The number of benzene rings is 1. The largest absolute Gasteiger partial charge is 0.339 e. The molecule has 0 saturated carbocycles. The van der Waals surface area contributed by atoms with E-state index in [-0.39, 0.29) is 23.3 Å². The summed E-state index contributed by atoms with van der Waals surface area (Å²) in [5.41, 5.74) is 1.77. The van der Waals surface area contributed by atoms with Crippen LogP contribution in [0.5, 0.6) is 0 Å². The number of anilines is 1. The minimum Gasteiger partial charge on any atom is -0.339 e. The number of hydrogen-bond acceptors (Lipinski definition) is 7. The fourth-order valence-electron chi connectivity index (χ4n) is 3.88. The average molecular weight is 489 g/mol. The Balaban J connectivity index is 1.52. The van der Waals surface area contributed by atoms with Crippen molar-refractivity contribution in [2.24, 2.45) is 5.92 Å². The van der Waals surface area contributed by atoms with Gasteiger partial charge in [-0.15, -0.1) is 11.3 Å². The van der Waals surface area contributed by atoms with E-state index in [4.69, 9.17) is 4.52 Å². The topological polar surface area (TPSA) is 105 Å². The molecule has 1 aliphatic rings. The van der Waals surface area contributed by atoms with Crippen LogP contribution < -0.4 is 5.32 Å². The number of carbonyl (C=O) groups excluding carboxylic acids is 1. The third kappa shape index (κ3) is 5.02. The van der Waals surface area contributed by atoms with Gasteiger partial charge in [0.05, 0.1) is 15.7 Å². The van der Waals surface area contributed by atoms with Crippen LogP contribution in [0.3, 0.4) is 0 Å². The molecule has 0 radical (unpaired) electrons. The van der Waals surface area contributed by atoms with Crippen molar-refractivity contribution >= 4 is 33.0 Å². The van der Waals surface area contributed by atoms with Gasteiger partial charge in [-0.25, -0.2) is 8.42 Å². The maximum atomic E-state index is 13.5. The second-order valence-electron chi connectivity index (χ2n) is 8.70. The standard InChI is InChI=1S/C23H28N4O4S2/c1-14(2)23-25-21(26-31-23)19-12-20(16(4)32-19)33(29,30)27-10-6-8-17(13-27)22(28)24-18-9-5-7-15(3)11-18/h5,7,9,11-12,14,17H,6,8,10,13H2,1-4H3,(H,24,28). The maximum Gasteiger partial charge on any atom is 0.244 e. The van der Waals surface area contributed by atoms with E-state index in [1.807, 2.05) is 45.0 Å². The Morgan fingerprint density at radius 2 is 2.06 bits per heavy atom. The van der Waals surface area contributed by atoms with E-state index in [2.05, 4.69) is 15.5 Å². The zero-order valence-corrected chi connectivity index (χ0v) is 20.8. The van der Waals surface area contributed by atoms with Crippen molar-refractivity contribution in [2.45, 2.75) is 51.3 Å². The van der Waals surface area contributed by atoms with E-state index >= 15 is 0 Å². The van der Waals surface area contributed by atoms with Crippen LogP contribution in [0.4, 0.5) is 5.69 Å². The fourth-order valence-corrected chi connectivity index (χ4v) is 6.89. The molecule has 1 aromatic carbocycles. The summed E-state index contributed by atoms with van der Waals surface area (Å²) in [6, 6.07) is 9.18. The fraction of sp³-hybridized carbons (Fsp3) is 0.435. The third-order valence-corrected chi connectivity index (χ3v) is 8.85. The lowest BCUT2D eigenvalue weighted by Crippen LogP contribution is -2.43. The van der Waals surface area contributed by atoms with Crippen molar-refractivity contribution in [3.63, 3.8) is 0 Å². The highest BCUT2D eigenvalue weighted by Crippen LogP contribution is 2.35. The van der Waals surface area contributed by atoms with Crippen LogP contribution in [0, 0.1) is 19.8 Å². The number of piperidine rings is 1. The van der Waals surface area contributed by atoms with Crippen LogP contribution >= 0.6 is 11.3 Å². The summed E-state index contributed by atoms with van der Waals surface area (Å²) in [7, 11) is -3.76. The molecule has 1 fully saturated rings. The number of sulfonamides is 1. The van der Waals surface area contributed by atoms with E-state index in [0.717, 1.165) is 11.3 Å². The summed E-state index contributed by atoms with van der Waals surface area (Å²) < 4.78 is 33.6. The Morgan fingerprint density at radius 1 is 1.27 bits per heavy atom. The summed E-state index contributed by atoms with van der Waals surface area (Å²) in [5, 5.41) is 6.93. The molecule has 2 aromatic heterocycles. The van der Waals surface area contributed by atoms with Gasteiger partial charge in [-0.1, -0.05) is 31.1 Å². The molecule has 176 valence electrons. The number of carbonyl (C=O) groups is 1. The lowest BCUT2D eigenvalue weighted by molar-refractivity contribution is -0.120. The zero-order valence-electron chi connectivity index (χ0n) is 19.2. The van der Waals surface area contributed by atoms with Gasteiger partial charge in [-0.3, -0.25) is 4.79 Å². The van der Waals surface area contributed by atoms with Gasteiger partial charge in [0.1, 0.15) is 0 Å². The number of nitrogens with one attached hydrogen (secondary N) is 1. The number of rotatable bonds is 6. The van der Waals surface area contributed by atoms with Gasteiger partial charge >= 0.3 is 0 Å². The molecule has 1 N–H and O–H groups in total. The predicted octanol–water partition coefficient (Wildman–Crippen LogP) is 4.58. The van der Waals surface area contributed by atoms with Crippen LogP contribution in [-0.4, -0.2) is 41.9 Å². The van der Waals surface area contributed by atoms with Crippen molar-refractivity contribution in [1.82, 2.24) is 14.4 Å². The summed E-state index contributed by atoms with van der Waals surface area (Å²) in [6.07, 6.45) is 1.28. The van der Waals surface area contributed by atoms with Gasteiger partial charge in [0.2, 0.25) is 27.6 Å². The monoisotopic (exact) mass is 488 g/mol. The normalized spacial score (nSPS) is 17.4. The molecule has 1 saturated heterocycles. The van der Waals surface area contributed by atoms with Crippen molar-refractivity contribution in [3.8, 4) is 10.7 Å². The highest BCUT2D eigenvalue weighted by molar-refractivity contribution is 7.89. The molecular weight excluding hydrogens is 460 g/mol. The minimum atomic E-state index is -3.76. The van der Waals surface area contributed by atoms with Crippen molar-refractivity contribution in [1.29, 1.82) is 0 Å². The Hall–Kier alpha value is -2.56. The molecule has 1 atom stereocenters. The molecule has 1 aliphatic heterocycles. The van der Waals surface area contributed by atoms with Crippen LogP contribution in [0.25, 0.3) is 10.7 Å². The van der Waals surface area contributed by atoms with Gasteiger partial charge in [0.25, 0.3) is 0 Å². The van der Waals surface area contributed by atoms with Gasteiger partial charge in [0.15, 0.2) is 0 Å². The molecule has 10 heteroatoms. The Bertz CT molecular complexity index is 1260. The van der Waals surface area contributed by atoms with Crippen molar-refractivity contribution in [2.75, 3.05) is 18.4 Å². The number of nitrogens with zero attached hydrogens (tertiary/aromatic N) is 3. The lowest BCUT2D eigenvalue weighted by Gasteiger charge is -2.31. The summed E-state index contributed by atoms with van der Waals surface area (Å²) in [4.78, 5) is 18.8. The molecule has 8 nitrogen and oxygen atoms in total. The average Bonchev–Trinajstić information content (AvgIpc) is 3.41. The Morgan fingerprint density at radius 3 is 2.76 bits per heavy atom. The lowest BCUT2D eigenvalue weighted by atomic mass is 9.98. The van der Waals surface area contributed by atoms with E-state index in [1.54, 1.807) is 13.0 Å². The molecule has 1 amide bonds. The first kappa shape index (κ1) is 23.6. The van der Waals surface area contributed by atoms with Crippen LogP contribution in [0.1, 0.15) is 48.9 Å². The first-order chi connectivity index (χ1) is 15.6. The van der Waals surface area contributed by atoms with E-state index < -0.39 is 15.9 Å². The third-order valence-electron chi connectivity index (χ3n) is 5.69. The molecule has 3 aromatic rings. The first-order valence-corrected chi connectivity index (χ1v) is 13.2. The smallest absolute Gasteiger partial charge is 0.244 e. The van der Waals surface area contributed by atoms with Gasteiger partial charge in [0, 0.05) is 29.6 Å². The molecular formula is C23H28N4O4S2. The number of aryl methyl sites for hydroxylation is 2. The maximum absolute atomic E-state index is 13.5. The Labute approximate surface area is 198 Å². The number of amides is 1. The second kappa shape index (κ2) is 9.36. The Kier molecular flexibility index (Phi) is 6.69. The molecule has 33 heavy (non-hydrogen) atoms. The van der Waals surface area contributed by atoms with Crippen LogP contribution in [0.2, 0.25) is 0 Å². The molecule has 3 heterocycles. The van der Waals surface area contributed by atoms with Crippen LogP contribution in [-0.2, 0) is 14.8 Å². The van der Waals surface area contributed by atoms with Crippen molar-refractivity contribution < 1.29 is 17.7 Å². The van der Waals surface area contributed by atoms with Crippen molar-refractivity contribution in [3.05, 3.63) is 46.7 Å². The quantitative estimate of drug-likeness (QED) is 0.545. The minimum absolute atomic E-state index is 0.0896. The molecule has 0 spiro atoms. The van der Waals surface area contributed by atoms with E-state index in [9.17, 15) is 13.2 Å². The predicted molar refractivity (Wildman–Crippen MR) is 128 cm³/mol. The molecule has 0 bridgehead atoms. The van der Waals surface area contributed by atoms with Gasteiger partial charge in [-0.2, -0.15) is 9.29 Å². The van der Waals surface area contributed by atoms with Crippen LogP contribution in [0.15, 0.2) is 39.8 Å². The first-order valence-electron chi connectivity index (χ1n) is 11.0. The molecule has 1 unspecified atom stereocenters. The highest BCUT2D eigenvalue weighted by Gasteiger charge is 2.35. The zero-order chi connectivity index (χ0) is 23.8. The summed E-state index contributed by atoms with van der Waals surface area (Å²) in [5.74, 6) is 0.433. The number of thiophene rings is 1. The SMILES string of the molecule is Cc1cccc(NC(=O)C2CCCN(S(=O)(=O)c3cc(-c4noc(C(C)C)n4)sc3C)C2)c1. The summed E-state index contributed by atoms with van der Waals surface area (Å²) >= 11 is 1.32. The molecule has 4 rings (SSSR count). The highest BCUT2D eigenvalue weighted by atomic mass is 32.2. The number of aromatic nitrogens is 2. The molecule has 0 aliphatic carbocycles. The summed E-state index contributed by atoms with van der Waals surface area (Å²) in [6.45, 7) is 8.19.